The van der Waals surface area contributed by atoms with Crippen molar-refractivity contribution in [3.8, 4) is 5.75 Å². The molecule has 3 aromatic carbocycles. The molecule has 2 aliphatic heterocycles. The molecule has 1 N–H and O–H groups in total. The molecule has 0 radical (unpaired) electrons. The Hall–Kier alpha value is -3.68. The van der Waals surface area contributed by atoms with Gasteiger partial charge in [0.2, 0.25) is 11.6 Å². The number of aryl methyl sites for hydroxylation is 1. The summed E-state index contributed by atoms with van der Waals surface area (Å²) in [6.45, 7) is 3.75. The number of nitrogens with one attached hydrogen (secondary N) is 1. The van der Waals surface area contributed by atoms with Gasteiger partial charge in [-0.3, -0.25) is 14.2 Å². The van der Waals surface area contributed by atoms with Crippen LogP contribution < -0.4 is 24.9 Å². The molecule has 2 bridgehead atoms. The monoisotopic (exact) mass is 515 g/mol. The van der Waals surface area contributed by atoms with E-state index in [2.05, 4.69) is 5.32 Å². The number of anilines is 1. The summed E-state index contributed by atoms with van der Waals surface area (Å²) >= 11 is 7.63. The summed E-state index contributed by atoms with van der Waals surface area (Å²) in [5.41, 5.74) is 1.78. The third kappa shape index (κ3) is 3.58. The second kappa shape index (κ2) is 8.47. The van der Waals surface area contributed by atoms with Crippen LogP contribution in [0.3, 0.4) is 0 Å². The Balaban J connectivity index is 1.55. The number of nitrogens with zero attached hydrogens (tertiary/aromatic N) is 2. The number of carbonyl (C=O) groups excluding carboxylic acids is 1. The van der Waals surface area contributed by atoms with E-state index in [4.69, 9.17) is 21.3 Å². The van der Waals surface area contributed by atoms with Crippen LogP contribution in [0.5, 0.6) is 5.75 Å². The van der Waals surface area contributed by atoms with E-state index in [9.17, 15) is 9.59 Å². The Bertz CT molecular complexity index is 1710. The number of ether oxygens (including phenoxy) is 1. The zero-order valence-corrected chi connectivity index (χ0v) is 21.1. The highest BCUT2D eigenvalue weighted by molar-refractivity contribution is 7.07. The van der Waals surface area contributed by atoms with E-state index in [1.54, 1.807) is 16.7 Å². The lowest BCUT2D eigenvalue weighted by molar-refractivity contribution is -0.131. The predicted octanol–water partition coefficient (Wildman–Crippen LogP) is 4.29. The minimum Gasteiger partial charge on any atom is -0.465 e. The first-order chi connectivity index (χ1) is 17.4. The second-order valence-corrected chi connectivity index (χ2v) is 10.5. The van der Waals surface area contributed by atoms with Crippen LogP contribution in [0.25, 0.3) is 6.08 Å². The number of halogens is 1. The average molecular weight is 516 g/mol. The molecule has 0 spiro atoms. The first-order valence-corrected chi connectivity index (χ1v) is 12.8. The molecule has 0 unspecified atom stereocenters. The lowest BCUT2D eigenvalue weighted by Gasteiger charge is -2.45. The molecule has 6 nitrogen and oxygen atoms in total. The molecular formula is C28H22ClN3O3S. The maximum atomic E-state index is 13.8. The van der Waals surface area contributed by atoms with E-state index in [0.29, 0.717) is 25.8 Å². The van der Waals surface area contributed by atoms with Crippen molar-refractivity contribution in [3.63, 3.8) is 0 Å². The molecule has 0 aliphatic carbocycles. The second-order valence-electron chi connectivity index (χ2n) is 9.12. The summed E-state index contributed by atoms with van der Waals surface area (Å²) in [6.07, 6.45) is 1.78. The minimum absolute atomic E-state index is 0.212. The number of benzene rings is 3. The predicted molar refractivity (Wildman–Crippen MR) is 141 cm³/mol. The molecule has 0 saturated heterocycles. The zero-order valence-electron chi connectivity index (χ0n) is 19.6. The highest BCUT2D eigenvalue weighted by Crippen LogP contribution is 2.47. The van der Waals surface area contributed by atoms with E-state index >= 15 is 0 Å². The van der Waals surface area contributed by atoms with Crippen LogP contribution in [0.15, 0.2) is 82.6 Å². The van der Waals surface area contributed by atoms with Crippen molar-refractivity contribution in [2.45, 2.75) is 25.6 Å². The quantitative estimate of drug-likeness (QED) is 0.442. The molecule has 0 fully saturated rings. The first kappa shape index (κ1) is 22.8. The van der Waals surface area contributed by atoms with Gasteiger partial charge >= 0.3 is 0 Å². The summed E-state index contributed by atoms with van der Waals surface area (Å²) in [7, 11) is 0. The maximum absolute atomic E-state index is 13.8. The zero-order chi connectivity index (χ0) is 25.0. The van der Waals surface area contributed by atoms with Gasteiger partial charge in [-0.2, -0.15) is 0 Å². The number of thiazole rings is 1. The average Bonchev–Trinajstić information content (AvgIpc) is 3.14. The van der Waals surface area contributed by atoms with E-state index in [-0.39, 0.29) is 11.5 Å². The van der Waals surface area contributed by atoms with Gasteiger partial charge in [0.05, 0.1) is 10.6 Å². The third-order valence-electron chi connectivity index (χ3n) is 6.76. The molecule has 1 aromatic heterocycles. The van der Waals surface area contributed by atoms with Crippen molar-refractivity contribution >= 4 is 40.6 Å². The number of fused-ring (bicyclic) bond motifs is 6. The lowest BCUT2D eigenvalue weighted by atomic mass is 9.80. The molecule has 3 heterocycles. The van der Waals surface area contributed by atoms with E-state index in [1.165, 1.54) is 11.3 Å². The molecule has 8 heteroatoms. The smallest absolute Gasteiger partial charge is 0.270 e. The lowest BCUT2D eigenvalue weighted by Crippen LogP contribution is -2.59. The standard InChI is InChI=1S/C28H22ClN3O3S/c1-16-9-3-7-13-20(16)30-25(33)23-24-18-11-5-8-14-21(18)35-28(23,2)31-27-32(24)26(34)22(36-27)15-17-10-4-6-12-19(17)29/h3-15,23-24H,1-2H3,(H,30,33)/b22-15+/t23-,24+,28+/m1/s1. The molecule has 36 heavy (non-hydrogen) atoms. The van der Waals surface area contributed by atoms with Crippen LogP contribution in [0, 0.1) is 12.8 Å². The summed E-state index contributed by atoms with van der Waals surface area (Å²) in [6, 6.07) is 21.9. The number of rotatable bonds is 3. The number of hydrogen-bond donors (Lipinski definition) is 1. The highest BCUT2D eigenvalue weighted by atomic mass is 35.5. The topological polar surface area (TPSA) is 72.7 Å². The summed E-state index contributed by atoms with van der Waals surface area (Å²) in [4.78, 5) is 33.0. The van der Waals surface area contributed by atoms with Crippen molar-refractivity contribution in [2.75, 3.05) is 5.32 Å². The Kier molecular flexibility index (Phi) is 5.35. The molecule has 3 atom stereocenters. The fourth-order valence-corrected chi connectivity index (χ4v) is 6.28. The van der Waals surface area contributed by atoms with Crippen LogP contribution in [0.2, 0.25) is 5.02 Å². The Morgan fingerprint density at radius 3 is 2.64 bits per heavy atom. The summed E-state index contributed by atoms with van der Waals surface area (Å²) in [5.74, 6) is -0.399. The number of hydrogen-bond acceptors (Lipinski definition) is 5. The molecule has 2 aliphatic rings. The van der Waals surface area contributed by atoms with Crippen LogP contribution >= 0.6 is 22.9 Å². The Morgan fingerprint density at radius 1 is 1.11 bits per heavy atom. The van der Waals surface area contributed by atoms with Crippen molar-refractivity contribution in [3.05, 3.63) is 114 Å². The molecule has 0 saturated carbocycles. The van der Waals surface area contributed by atoms with Gasteiger partial charge in [-0.05, 0) is 49.2 Å². The molecule has 1 amide bonds. The van der Waals surface area contributed by atoms with Crippen molar-refractivity contribution < 1.29 is 9.53 Å². The number of amides is 1. The highest BCUT2D eigenvalue weighted by Gasteiger charge is 2.55. The number of para-hydroxylation sites is 2. The summed E-state index contributed by atoms with van der Waals surface area (Å²) < 4.78 is 8.50. The van der Waals surface area contributed by atoms with Crippen molar-refractivity contribution in [1.82, 2.24) is 4.57 Å². The van der Waals surface area contributed by atoms with Gasteiger partial charge in [0.1, 0.15) is 11.7 Å². The van der Waals surface area contributed by atoms with Crippen molar-refractivity contribution in [1.29, 1.82) is 0 Å². The maximum Gasteiger partial charge on any atom is 0.270 e. The van der Waals surface area contributed by atoms with Crippen LogP contribution in [-0.2, 0) is 4.79 Å². The largest absolute Gasteiger partial charge is 0.465 e. The number of aromatic nitrogens is 1. The SMILES string of the molecule is Cc1ccccc1NC(=O)[C@H]1[C@@H]2c3ccccc3O[C@]1(C)N=c1s/c(=C/c3ccccc3Cl)c(=O)n12. The van der Waals surface area contributed by atoms with E-state index in [0.717, 1.165) is 16.7 Å². The Labute approximate surface area is 216 Å². The molecular weight excluding hydrogens is 494 g/mol. The van der Waals surface area contributed by atoms with Gasteiger partial charge in [0, 0.05) is 16.3 Å². The Morgan fingerprint density at radius 2 is 1.83 bits per heavy atom. The van der Waals surface area contributed by atoms with Gasteiger partial charge in [-0.25, -0.2) is 4.99 Å². The van der Waals surface area contributed by atoms with Crippen LogP contribution in [0.1, 0.15) is 29.7 Å². The van der Waals surface area contributed by atoms with E-state index < -0.39 is 17.7 Å². The van der Waals surface area contributed by atoms with Gasteiger partial charge in [-0.1, -0.05) is 77.5 Å². The van der Waals surface area contributed by atoms with Gasteiger partial charge < -0.3 is 10.1 Å². The first-order valence-electron chi connectivity index (χ1n) is 11.6. The molecule has 4 aromatic rings. The molecule has 6 rings (SSSR count). The van der Waals surface area contributed by atoms with Crippen molar-refractivity contribution in [2.24, 2.45) is 10.9 Å². The van der Waals surface area contributed by atoms with E-state index in [1.807, 2.05) is 80.6 Å². The van der Waals surface area contributed by atoms with Gasteiger partial charge in [-0.15, -0.1) is 0 Å². The van der Waals surface area contributed by atoms with Gasteiger partial charge in [0.25, 0.3) is 5.56 Å². The normalized spacial score (nSPS) is 22.1. The van der Waals surface area contributed by atoms with Gasteiger partial charge in [0.15, 0.2) is 4.80 Å². The van der Waals surface area contributed by atoms with Crippen LogP contribution in [0.4, 0.5) is 5.69 Å². The third-order valence-corrected chi connectivity index (χ3v) is 8.08. The molecule has 180 valence electrons. The fraction of sp³-hybridized carbons (Fsp3) is 0.179. The minimum atomic E-state index is -1.19. The number of carbonyl (C=O) groups is 1. The fourth-order valence-electron chi connectivity index (χ4n) is 5.00. The van der Waals surface area contributed by atoms with Crippen LogP contribution in [-0.4, -0.2) is 16.2 Å². The summed E-state index contributed by atoms with van der Waals surface area (Å²) in [5, 5.41) is 3.61.